The molecule has 1 aliphatic rings. The number of thiophene rings is 1. The van der Waals surface area contributed by atoms with Crippen molar-refractivity contribution in [2.45, 2.75) is 45.9 Å². The average molecular weight is 575 g/mol. The van der Waals surface area contributed by atoms with Crippen molar-refractivity contribution in [3.63, 3.8) is 0 Å². The second-order valence-electron chi connectivity index (χ2n) is 10.2. The fourth-order valence-corrected chi connectivity index (χ4v) is 5.46. The zero-order valence-electron chi connectivity index (χ0n) is 23.0. The molecule has 3 aromatic rings. The number of H-pyrrole nitrogens is 1. The molecule has 0 saturated carbocycles. The zero-order valence-corrected chi connectivity index (χ0v) is 23.9. The van der Waals surface area contributed by atoms with E-state index in [-0.39, 0.29) is 48.2 Å². The minimum Gasteiger partial charge on any atom is -0.491 e. The maximum absolute atomic E-state index is 15.5. The lowest BCUT2D eigenvalue weighted by molar-refractivity contribution is 0.0120. The first-order chi connectivity index (χ1) is 19.0. The Morgan fingerprint density at radius 1 is 1.32 bits per heavy atom. The van der Waals surface area contributed by atoms with Crippen molar-refractivity contribution in [2.24, 2.45) is 0 Å². The molecule has 9 nitrogen and oxygen atoms in total. The molecule has 4 rings (SSSR count). The van der Waals surface area contributed by atoms with Crippen LogP contribution in [0.4, 0.5) is 13.6 Å². The molecular weight excluding hydrogens is 542 g/mol. The summed E-state index contributed by atoms with van der Waals surface area (Å²) in [6.45, 7) is 12.2. The minimum absolute atomic E-state index is 0.0657. The van der Waals surface area contributed by atoms with E-state index in [2.05, 4.69) is 11.6 Å². The number of rotatable bonds is 8. The predicted molar refractivity (Wildman–Crippen MR) is 150 cm³/mol. The van der Waals surface area contributed by atoms with Gasteiger partial charge in [-0.25, -0.2) is 13.6 Å². The molecule has 0 saturated heterocycles. The van der Waals surface area contributed by atoms with Crippen LogP contribution in [0, 0.1) is 0 Å². The molecule has 4 heterocycles. The molecule has 12 heteroatoms. The molecular formula is C28H32F2N4O5S. The summed E-state index contributed by atoms with van der Waals surface area (Å²) in [4.78, 5) is 30.4. The summed E-state index contributed by atoms with van der Waals surface area (Å²) in [5.41, 5.74) is 0.346. The summed E-state index contributed by atoms with van der Waals surface area (Å²) < 4.78 is 47.1. The van der Waals surface area contributed by atoms with Gasteiger partial charge in [0.15, 0.2) is 0 Å². The number of methoxy groups -OCH3 is 1. The number of carbonyl (C=O) groups excluding carboxylic acids is 1. The van der Waals surface area contributed by atoms with Gasteiger partial charge >= 0.3 is 6.09 Å². The number of halogens is 2. The summed E-state index contributed by atoms with van der Waals surface area (Å²) in [5, 5.41) is 6.74. The normalized spacial score (nSPS) is 16.3. The average Bonchev–Trinajstić information content (AvgIpc) is 3.53. The predicted octanol–water partition coefficient (Wildman–Crippen LogP) is 6.11. The lowest BCUT2D eigenvalue weighted by atomic mass is 9.98. The first-order valence-electron chi connectivity index (χ1n) is 12.7. The van der Waals surface area contributed by atoms with Gasteiger partial charge in [-0.05, 0) is 45.2 Å². The number of carbonyl (C=O) groups is 1. The largest absolute Gasteiger partial charge is 0.491 e. The Labute approximate surface area is 234 Å². The quantitative estimate of drug-likeness (QED) is 0.198. The number of nitrogens with one attached hydrogen (secondary N) is 1. The Bertz CT molecular complexity index is 1550. The Balaban J connectivity index is 1.87. The van der Waals surface area contributed by atoms with Gasteiger partial charge in [-0.3, -0.25) is 14.4 Å². The van der Waals surface area contributed by atoms with E-state index in [0.717, 1.165) is 0 Å². The molecule has 1 aliphatic heterocycles. The van der Waals surface area contributed by atoms with Gasteiger partial charge in [-0.1, -0.05) is 6.58 Å². The van der Waals surface area contributed by atoms with Crippen molar-refractivity contribution in [3.05, 3.63) is 69.7 Å². The van der Waals surface area contributed by atoms with Crippen molar-refractivity contribution in [1.82, 2.24) is 19.7 Å². The number of allylic oxidation sites excluding steroid dienone is 3. The van der Waals surface area contributed by atoms with Gasteiger partial charge in [0.25, 0.3) is 5.56 Å². The third kappa shape index (κ3) is 5.87. The van der Waals surface area contributed by atoms with E-state index >= 15 is 4.39 Å². The summed E-state index contributed by atoms with van der Waals surface area (Å²) in [6, 6.07) is 2.98. The van der Waals surface area contributed by atoms with Gasteiger partial charge in [0.05, 0.1) is 52.6 Å². The van der Waals surface area contributed by atoms with Crippen molar-refractivity contribution < 1.29 is 27.8 Å². The van der Waals surface area contributed by atoms with Crippen LogP contribution in [0.25, 0.3) is 27.0 Å². The van der Waals surface area contributed by atoms with Gasteiger partial charge < -0.3 is 19.2 Å². The molecule has 0 aromatic carbocycles. The van der Waals surface area contributed by atoms with Crippen molar-refractivity contribution in [3.8, 4) is 11.4 Å². The van der Waals surface area contributed by atoms with Crippen LogP contribution in [-0.4, -0.2) is 58.2 Å². The second kappa shape index (κ2) is 11.8. The number of hydrogen-bond donors (Lipinski definition) is 1. The van der Waals surface area contributed by atoms with Crippen LogP contribution in [0.5, 0.6) is 0 Å². The van der Waals surface area contributed by atoms with Crippen LogP contribution in [0.15, 0.2) is 52.9 Å². The number of amides is 1. The van der Waals surface area contributed by atoms with Crippen molar-refractivity contribution >= 4 is 33.1 Å². The Kier molecular flexibility index (Phi) is 8.59. The summed E-state index contributed by atoms with van der Waals surface area (Å²) >= 11 is 1.23. The number of nitrogens with zero attached hydrogens (tertiary/aromatic N) is 3. The Hall–Kier alpha value is -3.77. The molecule has 0 spiro atoms. The van der Waals surface area contributed by atoms with Crippen LogP contribution < -0.4 is 5.56 Å². The second-order valence-corrected chi connectivity index (χ2v) is 11.1. The molecule has 3 aromatic heterocycles. The van der Waals surface area contributed by atoms with E-state index < -0.39 is 23.1 Å². The number of hydrogen-bond acceptors (Lipinski definition) is 7. The maximum atomic E-state index is 15.5. The third-order valence-corrected chi connectivity index (χ3v) is 7.24. The topological polar surface area (TPSA) is 98.7 Å². The van der Waals surface area contributed by atoms with Crippen molar-refractivity contribution in [1.29, 1.82) is 0 Å². The van der Waals surface area contributed by atoms with E-state index in [1.54, 1.807) is 47.9 Å². The molecule has 0 radical (unpaired) electrons. The highest BCUT2D eigenvalue weighted by atomic mass is 32.1. The molecule has 0 fully saturated rings. The molecule has 1 atom stereocenters. The molecule has 1 N–H and O–H groups in total. The number of aromatic amines is 1. The number of fused-ring (bicyclic) bond motifs is 2. The molecule has 0 bridgehead atoms. The molecule has 1 amide bonds. The first-order valence-corrected chi connectivity index (χ1v) is 13.5. The lowest BCUT2D eigenvalue weighted by Gasteiger charge is -2.35. The Morgan fingerprint density at radius 2 is 2.08 bits per heavy atom. The first kappa shape index (κ1) is 29.2. The van der Waals surface area contributed by atoms with Crippen LogP contribution in [0.1, 0.15) is 45.0 Å². The standard InChI is InChI=1S/C28H32F2N4O5S/c1-16-21-15-20(32-34(21)11-10-33(16)27(36)39-28(3,4)5)24-23(25-18(8-14-40-25)26(35)31-24)22(19(30)7-9-29)17(2)38-13-12-37-6/h7-9,14-16H,2,10-13H2,1,3-6H3,(H,31,35)/b9-7+,22-19-/t16-/m1/s1. The fourth-order valence-electron chi connectivity index (χ4n) is 4.51. The fraction of sp³-hybridized carbons (Fsp3) is 0.393. The highest BCUT2D eigenvalue weighted by Crippen LogP contribution is 2.41. The maximum Gasteiger partial charge on any atom is 0.410 e. The van der Waals surface area contributed by atoms with Crippen LogP contribution >= 0.6 is 11.3 Å². The van der Waals surface area contributed by atoms with Gasteiger partial charge in [0.1, 0.15) is 29.5 Å². The zero-order chi connectivity index (χ0) is 29.2. The smallest absolute Gasteiger partial charge is 0.410 e. The number of pyridine rings is 1. The lowest BCUT2D eigenvalue weighted by Crippen LogP contribution is -2.43. The van der Waals surface area contributed by atoms with E-state index in [4.69, 9.17) is 19.3 Å². The highest BCUT2D eigenvalue weighted by molar-refractivity contribution is 7.17. The van der Waals surface area contributed by atoms with Gasteiger partial charge in [0, 0.05) is 25.3 Å². The van der Waals surface area contributed by atoms with E-state index in [0.29, 0.717) is 40.6 Å². The Morgan fingerprint density at radius 3 is 2.75 bits per heavy atom. The third-order valence-electron chi connectivity index (χ3n) is 6.31. The molecule has 40 heavy (non-hydrogen) atoms. The molecule has 0 unspecified atom stereocenters. The summed E-state index contributed by atoms with van der Waals surface area (Å²) in [5.74, 6) is -1.01. The van der Waals surface area contributed by atoms with E-state index in [1.165, 1.54) is 18.4 Å². The molecule has 0 aliphatic carbocycles. The van der Waals surface area contributed by atoms with Crippen LogP contribution in [-0.2, 0) is 20.8 Å². The van der Waals surface area contributed by atoms with Crippen LogP contribution in [0.2, 0.25) is 0 Å². The number of aromatic nitrogens is 3. The molecule has 214 valence electrons. The highest BCUT2D eigenvalue weighted by Gasteiger charge is 2.33. The van der Waals surface area contributed by atoms with Gasteiger partial charge in [-0.2, -0.15) is 5.10 Å². The monoisotopic (exact) mass is 574 g/mol. The number of ether oxygens (including phenoxy) is 3. The summed E-state index contributed by atoms with van der Waals surface area (Å²) in [7, 11) is 1.50. The minimum atomic E-state index is -0.943. The summed E-state index contributed by atoms with van der Waals surface area (Å²) in [6.07, 6.45) is 0.294. The van der Waals surface area contributed by atoms with E-state index in [1.807, 2.05) is 6.92 Å². The SMILES string of the molecule is C=C(OCCOC)/C(=C(F)\C=C\F)c1c(-c2cc3n(n2)CCN(C(=O)OC(C)(C)C)[C@@H]3C)[nH]c(=O)c2ccsc12. The van der Waals surface area contributed by atoms with Crippen molar-refractivity contribution in [2.75, 3.05) is 26.9 Å². The van der Waals surface area contributed by atoms with Gasteiger partial charge in [0.2, 0.25) is 0 Å². The van der Waals surface area contributed by atoms with E-state index in [9.17, 15) is 14.0 Å². The van der Waals surface area contributed by atoms with Gasteiger partial charge in [-0.15, -0.1) is 11.3 Å². The van der Waals surface area contributed by atoms with Crippen LogP contribution in [0.3, 0.4) is 0 Å².